The lowest BCUT2D eigenvalue weighted by Gasteiger charge is -2.07. The number of ketones is 1. The molecule has 0 saturated carbocycles. The number of ether oxygens (including phenoxy) is 1. The molecule has 0 amide bonds. The molecule has 0 fully saturated rings. The van der Waals surface area contributed by atoms with Crippen LogP contribution in [0.3, 0.4) is 0 Å². The van der Waals surface area contributed by atoms with E-state index in [4.69, 9.17) is 9.26 Å². The van der Waals surface area contributed by atoms with Gasteiger partial charge in [-0.2, -0.15) is 0 Å². The summed E-state index contributed by atoms with van der Waals surface area (Å²) in [4.78, 5) is 11.6. The molecule has 0 spiro atoms. The van der Waals surface area contributed by atoms with Gasteiger partial charge in [0.25, 0.3) is 0 Å². The quantitative estimate of drug-likeness (QED) is 0.648. The minimum atomic E-state index is -0.0825. The molecule has 0 saturated heterocycles. The van der Waals surface area contributed by atoms with Gasteiger partial charge >= 0.3 is 0 Å². The van der Waals surface area contributed by atoms with Crippen molar-refractivity contribution in [2.45, 2.75) is 20.3 Å². The molecule has 3 aromatic rings. The highest BCUT2D eigenvalue weighted by Gasteiger charge is 2.16. The first-order valence-corrected chi connectivity index (χ1v) is 7.41. The molecule has 1 heterocycles. The molecule has 4 heteroatoms. The molecule has 3 rings (SSSR count). The second-order valence-electron chi connectivity index (χ2n) is 5.36. The summed E-state index contributed by atoms with van der Waals surface area (Å²) in [5.74, 6) is 2.17. The van der Waals surface area contributed by atoms with Crippen molar-refractivity contribution in [3.63, 3.8) is 0 Å². The lowest BCUT2D eigenvalue weighted by atomic mass is 10.0. The number of rotatable bonds is 5. The average molecular weight is 307 g/mol. The van der Waals surface area contributed by atoms with Crippen LogP contribution in [0.1, 0.15) is 34.3 Å². The topological polar surface area (TPSA) is 52.3 Å². The predicted molar refractivity (Wildman–Crippen MR) is 87.0 cm³/mol. The minimum absolute atomic E-state index is 0.0825. The van der Waals surface area contributed by atoms with Crippen molar-refractivity contribution >= 4 is 5.78 Å². The van der Waals surface area contributed by atoms with Gasteiger partial charge in [0, 0.05) is 18.9 Å². The molecule has 2 aromatic carbocycles. The van der Waals surface area contributed by atoms with E-state index < -0.39 is 0 Å². The predicted octanol–water partition coefficient (Wildman–Crippen LogP) is 4.57. The van der Waals surface area contributed by atoms with E-state index in [0.717, 1.165) is 22.6 Å². The second-order valence-corrected chi connectivity index (χ2v) is 5.36. The summed E-state index contributed by atoms with van der Waals surface area (Å²) in [6, 6.07) is 17.4. The second kappa shape index (κ2) is 6.48. The SMILES string of the molecule is CC(=O)c1noc(C)c1Cc1ccc(Oc2ccccc2)cc1. The van der Waals surface area contributed by atoms with Crippen LogP contribution in [0, 0.1) is 6.92 Å². The number of hydrogen-bond acceptors (Lipinski definition) is 4. The molecule has 0 aliphatic heterocycles. The van der Waals surface area contributed by atoms with Crippen LogP contribution < -0.4 is 4.74 Å². The molecule has 4 nitrogen and oxygen atoms in total. The molecule has 0 unspecified atom stereocenters. The highest BCUT2D eigenvalue weighted by Crippen LogP contribution is 2.23. The Labute approximate surface area is 134 Å². The molecule has 0 aliphatic rings. The fraction of sp³-hybridized carbons (Fsp3) is 0.158. The van der Waals surface area contributed by atoms with Crippen molar-refractivity contribution in [2.24, 2.45) is 0 Å². The number of Topliss-reactive ketones (excluding diaryl/α,β-unsaturated/α-hetero) is 1. The molecular formula is C19H17NO3. The molecule has 1 aromatic heterocycles. The Morgan fingerprint density at radius 2 is 1.70 bits per heavy atom. The lowest BCUT2D eigenvalue weighted by Crippen LogP contribution is -2.00. The van der Waals surface area contributed by atoms with Crippen molar-refractivity contribution in [1.82, 2.24) is 5.16 Å². The first kappa shape index (κ1) is 15.0. The van der Waals surface area contributed by atoms with Gasteiger partial charge in [0.15, 0.2) is 11.5 Å². The minimum Gasteiger partial charge on any atom is -0.457 e. The number of benzene rings is 2. The lowest BCUT2D eigenvalue weighted by molar-refractivity contribution is 0.100. The normalized spacial score (nSPS) is 10.5. The Kier molecular flexibility index (Phi) is 4.24. The molecule has 0 aliphatic carbocycles. The molecular weight excluding hydrogens is 290 g/mol. The highest BCUT2D eigenvalue weighted by molar-refractivity contribution is 5.93. The fourth-order valence-corrected chi connectivity index (χ4v) is 2.38. The molecule has 0 radical (unpaired) electrons. The van der Waals surface area contributed by atoms with E-state index >= 15 is 0 Å². The van der Waals surface area contributed by atoms with Crippen molar-refractivity contribution in [2.75, 3.05) is 0 Å². The first-order valence-electron chi connectivity index (χ1n) is 7.41. The van der Waals surface area contributed by atoms with E-state index in [1.54, 1.807) is 0 Å². The molecule has 0 atom stereocenters. The Morgan fingerprint density at radius 3 is 2.35 bits per heavy atom. The zero-order valence-corrected chi connectivity index (χ0v) is 13.1. The van der Waals surface area contributed by atoms with E-state index in [1.807, 2.05) is 61.5 Å². The third-order valence-electron chi connectivity index (χ3n) is 3.60. The maximum Gasteiger partial charge on any atom is 0.181 e. The first-order chi connectivity index (χ1) is 11.1. The summed E-state index contributed by atoms with van der Waals surface area (Å²) in [6.45, 7) is 3.32. The maximum atomic E-state index is 11.6. The van der Waals surface area contributed by atoms with Crippen LogP contribution >= 0.6 is 0 Å². The third kappa shape index (κ3) is 3.48. The fourth-order valence-electron chi connectivity index (χ4n) is 2.38. The number of aromatic nitrogens is 1. The third-order valence-corrected chi connectivity index (χ3v) is 3.60. The average Bonchev–Trinajstić information content (AvgIpc) is 2.91. The van der Waals surface area contributed by atoms with Gasteiger partial charge in [-0.25, -0.2) is 0 Å². The van der Waals surface area contributed by atoms with Crippen LogP contribution in [-0.2, 0) is 6.42 Å². The van der Waals surface area contributed by atoms with E-state index in [0.29, 0.717) is 17.9 Å². The van der Waals surface area contributed by atoms with E-state index in [-0.39, 0.29) is 5.78 Å². The standard InChI is InChI=1S/C19H17NO3/c1-13(21)19-18(14(2)23-20-19)12-15-8-10-17(11-9-15)22-16-6-4-3-5-7-16/h3-11H,12H2,1-2H3. The smallest absolute Gasteiger partial charge is 0.181 e. The molecule has 23 heavy (non-hydrogen) atoms. The summed E-state index contributed by atoms with van der Waals surface area (Å²) >= 11 is 0. The van der Waals surface area contributed by atoms with Crippen molar-refractivity contribution in [1.29, 1.82) is 0 Å². The molecule has 0 N–H and O–H groups in total. The van der Waals surface area contributed by atoms with Crippen LogP contribution in [0.15, 0.2) is 59.1 Å². The Bertz CT molecular complexity index is 804. The number of carbonyl (C=O) groups excluding carboxylic acids is 1. The zero-order chi connectivity index (χ0) is 16.2. The summed E-state index contributed by atoms with van der Waals surface area (Å²) in [5, 5.41) is 3.84. The van der Waals surface area contributed by atoms with Crippen molar-refractivity contribution < 1.29 is 14.1 Å². The molecule has 0 bridgehead atoms. The largest absolute Gasteiger partial charge is 0.457 e. The van der Waals surface area contributed by atoms with Gasteiger partial charge < -0.3 is 9.26 Å². The van der Waals surface area contributed by atoms with Crippen LogP contribution in [0.2, 0.25) is 0 Å². The Hall–Kier alpha value is -2.88. The number of carbonyl (C=O) groups is 1. The van der Waals surface area contributed by atoms with Gasteiger partial charge in [-0.3, -0.25) is 4.79 Å². The van der Waals surface area contributed by atoms with Gasteiger partial charge in [0.1, 0.15) is 17.3 Å². The maximum absolute atomic E-state index is 11.6. The summed E-state index contributed by atoms with van der Waals surface area (Å²) in [5.41, 5.74) is 2.32. The number of hydrogen-bond donors (Lipinski definition) is 0. The summed E-state index contributed by atoms with van der Waals surface area (Å²) < 4.78 is 10.9. The van der Waals surface area contributed by atoms with Crippen LogP contribution in [0.25, 0.3) is 0 Å². The van der Waals surface area contributed by atoms with Gasteiger partial charge in [-0.15, -0.1) is 0 Å². The number of aryl methyl sites for hydroxylation is 1. The Morgan fingerprint density at radius 1 is 1.04 bits per heavy atom. The van der Waals surface area contributed by atoms with Crippen LogP contribution in [0.5, 0.6) is 11.5 Å². The van der Waals surface area contributed by atoms with Gasteiger partial charge in [0.2, 0.25) is 0 Å². The molecule has 116 valence electrons. The highest BCUT2D eigenvalue weighted by atomic mass is 16.5. The zero-order valence-electron chi connectivity index (χ0n) is 13.1. The van der Waals surface area contributed by atoms with Crippen molar-refractivity contribution in [3.05, 3.63) is 77.2 Å². The van der Waals surface area contributed by atoms with Gasteiger partial charge in [-0.05, 0) is 36.8 Å². The summed E-state index contributed by atoms with van der Waals surface area (Å²) in [7, 11) is 0. The van der Waals surface area contributed by atoms with E-state index in [2.05, 4.69) is 5.16 Å². The Balaban J connectivity index is 1.76. The van der Waals surface area contributed by atoms with Crippen molar-refractivity contribution in [3.8, 4) is 11.5 Å². The van der Waals surface area contributed by atoms with Crippen LogP contribution in [0.4, 0.5) is 0 Å². The van der Waals surface area contributed by atoms with E-state index in [9.17, 15) is 4.79 Å². The van der Waals surface area contributed by atoms with Gasteiger partial charge in [-0.1, -0.05) is 35.5 Å². The number of nitrogens with zero attached hydrogens (tertiary/aromatic N) is 1. The van der Waals surface area contributed by atoms with E-state index in [1.165, 1.54) is 6.92 Å². The monoisotopic (exact) mass is 307 g/mol. The summed E-state index contributed by atoms with van der Waals surface area (Å²) in [6.07, 6.45) is 0.607. The van der Waals surface area contributed by atoms with Crippen LogP contribution in [-0.4, -0.2) is 10.9 Å². The van der Waals surface area contributed by atoms with Gasteiger partial charge in [0.05, 0.1) is 0 Å². The number of para-hydroxylation sites is 1.